The number of fused-ring (bicyclic) bond motifs is 1. The maximum absolute atomic E-state index is 13.2. The molecule has 1 aromatic carbocycles. The van der Waals surface area contributed by atoms with Gasteiger partial charge in [-0.25, -0.2) is 14.8 Å². The molecule has 3 aromatic heterocycles. The van der Waals surface area contributed by atoms with Gasteiger partial charge >= 0.3 is 6.09 Å². The minimum atomic E-state index is -1.21. The smallest absolute Gasteiger partial charge is 0.410 e. The Kier molecular flexibility index (Phi) is 9.70. The molecule has 0 aliphatic carbocycles. The number of hydrogen-bond donors (Lipinski definition) is 2. The quantitative estimate of drug-likeness (QED) is 0.156. The molecule has 1 aliphatic heterocycles. The third-order valence-electron chi connectivity index (χ3n) is 7.88. The molecule has 0 radical (unpaired) electrons. The molecule has 0 spiro atoms. The summed E-state index contributed by atoms with van der Waals surface area (Å²) in [5.74, 6) is -0.0565. The lowest BCUT2D eigenvalue weighted by molar-refractivity contribution is 0.0696. The number of carbonyl (C=O) groups is 2. The molecule has 0 unspecified atom stereocenters. The van der Waals surface area contributed by atoms with Crippen molar-refractivity contribution in [2.45, 2.75) is 70.9 Å². The van der Waals surface area contributed by atoms with Crippen LogP contribution in [0.25, 0.3) is 22.5 Å². The topological polar surface area (TPSA) is 124 Å². The van der Waals surface area contributed by atoms with Crippen LogP contribution in [-0.4, -0.2) is 71.8 Å². The van der Waals surface area contributed by atoms with E-state index in [1.54, 1.807) is 18.1 Å². The van der Waals surface area contributed by atoms with Crippen molar-refractivity contribution >= 4 is 36.8 Å². The molecule has 0 bridgehead atoms. The van der Waals surface area contributed by atoms with Crippen LogP contribution < -0.4 is 10.6 Å². The minimum Gasteiger partial charge on any atom is -0.445 e. The first-order valence-electron chi connectivity index (χ1n) is 15.1. The van der Waals surface area contributed by atoms with Gasteiger partial charge in [0.2, 0.25) is 5.89 Å². The molecule has 1 aliphatic rings. The van der Waals surface area contributed by atoms with E-state index in [2.05, 4.69) is 35.3 Å². The highest BCUT2D eigenvalue weighted by Gasteiger charge is 2.31. The number of hydrogen-bond acceptors (Lipinski definition) is 8. The van der Waals surface area contributed by atoms with Crippen LogP contribution in [0.15, 0.2) is 59.5 Å². The Morgan fingerprint density at radius 3 is 2.68 bits per heavy atom. The number of anilines is 1. The molecule has 0 saturated carbocycles. The summed E-state index contributed by atoms with van der Waals surface area (Å²) in [5.41, 5.74) is 3.28. The van der Waals surface area contributed by atoms with Crippen LogP contribution >= 0.6 is 0 Å². The lowest BCUT2D eigenvalue weighted by Gasteiger charge is -2.38. The number of rotatable bonds is 11. The van der Waals surface area contributed by atoms with E-state index in [4.69, 9.17) is 18.9 Å². The van der Waals surface area contributed by atoms with Crippen LogP contribution in [0.3, 0.4) is 0 Å². The van der Waals surface area contributed by atoms with Gasteiger partial charge in [0.05, 0.1) is 11.3 Å². The summed E-state index contributed by atoms with van der Waals surface area (Å²) < 4.78 is 19.4. The number of benzene rings is 1. The Bertz CT molecular complexity index is 1580. The van der Waals surface area contributed by atoms with E-state index in [0.29, 0.717) is 25.4 Å². The molecule has 2 N–H and O–H groups in total. The third kappa shape index (κ3) is 7.48. The Morgan fingerprint density at radius 2 is 1.93 bits per heavy atom. The summed E-state index contributed by atoms with van der Waals surface area (Å²) in [4.78, 5) is 36.3. The zero-order chi connectivity index (χ0) is 31.3. The van der Waals surface area contributed by atoms with E-state index in [1.165, 1.54) is 6.26 Å². The maximum Gasteiger partial charge on any atom is 0.410 e. The van der Waals surface area contributed by atoms with Crippen LogP contribution in [0, 0.1) is 0 Å². The van der Waals surface area contributed by atoms with Gasteiger partial charge in [-0.1, -0.05) is 50.0 Å². The molecule has 12 heteroatoms. The molecule has 2 atom stereocenters. The van der Waals surface area contributed by atoms with Crippen LogP contribution in [-0.2, 0) is 22.8 Å². The highest BCUT2D eigenvalue weighted by Crippen LogP contribution is 2.35. The van der Waals surface area contributed by atoms with Crippen molar-refractivity contribution in [3.05, 3.63) is 66.3 Å². The van der Waals surface area contributed by atoms with Crippen molar-refractivity contribution in [3.63, 3.8) is 0 Å². The predicted octanol–water partition coefficient (Wildman–Crippen LogP) is 5.96. The standard InChI is InChI=1S/C32H42N6O5Si/c1-22-11-12-24(18-38(22)32(40)43-19-23-9-7-6-8-10-23)35-28-25-13-14-37(21-41-15-16-44(3,4)5)29(25)34-17-26(28)31-36-27(20-42-31)30(39)33-2/h6-10,13-14,17,20,22,24H,11-12,15-16,18-19,21H2,1-5H3,(H,33,39)(H,34,35)/t22-,24+/m0/s1. The normalized spacial score (nSPS) is 17.1. The largest absolute Gasteiger partial charge is 0.445 e. The maximum atomic E-state index is 13.2. The third-order valence-corrected chi connectivity index (χ3v) is 9.58. The second-order valence-electron chi connectivity index (χ2n) is 12.5. The van der Waals surface area contributed by atoms with Gasteiger partial charge in [0, 0.05) is 58.1 Å². The van der Waals surface area contributed by atoms with Crippen LogP contribution in [0.1, 0.15) is 35.8 Å². The summed E-state index contributed by atoms with van der Waals surface area (Å²) in [6.07, 6.45) is 6.34. The molecule has 11 nitrogen and oxygen atoms in total. The van der Waals surface area contributed by atoms with E-state index >= 15 is 0 Å². The van der Waals surface area contributed by atoms with Crippen molar-refractivity contribution in [3.8, 4) is 11.5 Å². The second-order valence-corrected chi connectivity index (χ2v) is 18.1. The number of oxazole rings is 1. The van der Waals surface area contributed by atoms with Crippen molar-refractivity contribution in [1.82, 2.24) is 24.8 Å². The van der Waals surface area contributed by atoms with Gasteiger partial charge in [0.15, 0.2) is 5.69 Å². The molecule has 4 aromatic rings. The summed E-state index contributed by atoms with van der Waals surface area (Å²) in [6.45, 7) is 10.8. The van der Waals surface area contributed by atoms with Crippen molar-refractivity contribution < 1.29 is 23.5 Å². The summed E-state index contributed by atoms with van der Waals surface area (Å²) in [7, 11) is 0.343. The first-order chi connectivity index (χ1) is 21.1. The SMILES string of the molecule is CNC(=O)c1coc(-c2cnc3c(ccn3COCC[Si](C)(C)C)c2N[C@@H]2CC[C@H](C)N(C(=O)OCc3ccccc3)C2)n1. The molecule has 1 fully saturated rings. The second kappa shape index (κ2) is 13.6. The van der Waals surface area contributed by atoms with E-state index in [-0.39, 0.29) is 42.3 Å². The highest BCUT2D eigenvalue weighted by molar-refractivity contribution is 6.76. The van der Waals surface area contributed by atoms with Crippen molar-refractivity contribution in [2.75, 3.05) is 25.5 Å². The lowest BCUT2D eigenvalue weighted by atomic mass is 9.99. The Hall–Kier alpha value is -4.16. The fourth-order valence-electron chi connectivity index (χ4n) is 5.22. The molecular weight excluding hydrogens is 576 g/mol. The number of amides is 2. The van der Waals surface area contributed by atoms with Gasteiger partial charge in [-0.2, -0.15) is 0 Å². The highest BCUT2D eigenvalue weighted by atomic mass is 28.3. The van der Waals surface area contributed by atoms with E-state index in [0.717, 1.165) is 41.2 Å². The van der Waals surface area contributed by atoms with Crippen LogP contribution in [0.4, 0.5) is 10.5 Å². The molecule has 5 rings (SSSR count). The molecule has 4 heterocycles. The number of nitrogens with zero attached hydrogens (tertiary/aromatic N) is 4. The average Bonchev–Trinajstić information content (AvgIpc) is 3.67. The van der Waals surface area contributed by atoms with Crippen LogP contribution in [0.2, 0.25) is 25.7 Å². The number of likely N-dealkylation sites (tertiary alicyclic amines) is 1. The Morgan fingerprint density at radius 1 is 1.14 bits per heavy atom. The number of nitrogens with one attached hydrogen (secondary N) is 2. The minimum absolute atomic E-state index is 0.0458. The van der Waals surface area contributed by atoms with Gasteiger partial charge in [0.25, 0.3) is 5.91 Å². The van der Waals surface area contributed by atoms with Gasteiger partial charge in [-0.3, -0.25) is 4.79 Å². The molecule has 1 saturated heterocycles. The monoisotopic (exact) mass is 618 g/mol. The predicted molar refractivity (Wildman–Crippen MR) is 172 cm³/mol. The van der Waals surface area contributed by atoms with Crippen LogP contribution in [0.5, 0.6) is 0 Å². The molecular formula is C32H42N6O5Si. The number of carbonyl (C=O) groups excluding carboxylic acids is 2. The van der Waals surface area contributed by atoms with Gasteiger partial charge < -0.3 is 34.0 Å². The number of pyridine rings is 1. The lowest BCUT2D eigenvalue weighted by Crippen LogP contribution is -2.49. The molecule has 2 amide bonds. The zero-order valence-corrected chi connectivity index (χ0v) is 27.1. The fourth-order valence-corrected chi connectivity index (χ4v) is 5.97. The van der Waals surface area contributed by atoms with E-state index in [9.17, 15) is 9.59 Å². The summed E-state index contributed by atoms with van der Waals surface area (Å²) >= 11 is 0. The van der Waals surface area contributed by atoms with Crippen molar-refractivity contribution in [2.24, 2.45) is 0 Å². The average molecular weight is 619 g/mol. The number of ether oxygens (including phenoxy) is 2. The first-order valence-corrected chi connectivity index (χ1v) is 18.8. The number of aromatic nitrogens is 3. The fraction of sp³-hybridized carbons (Fsp3) is 0.438. The van der Waals surface area contributed by atoms with Gasteiger partial charge in [-0.15, -0.1) is 0 Å². The Labute approximate surface area is 259 Å². The summed E-state index contributed by atoms with van der Waals surface area (Å²) in [5, 5.41) is 7.13. The van der Waals surface area contributed by atoms with Gasteiger partial charge in [-0.05, 0) is 37.4 Å². The first kappa shape index (κ1) is 31.3. The Balaban J connectivity index is 1.39. The summed E-state index contributed by atoms with van der Waals surface area (Å²) in [6, 6.07) is 12.7. The van der Waals surface area contributed by atoms with Crippen molar-refractivity contribution in [1.29, 1.82) is 0 Å². The zero-order valence-electron chi connectivity index (χ0n) is 26.1. The number of piperidine rings is 1. The van der Waals surface area contributed by atoms with E-state index in [1.807, 2.05) is 54.1 Å². The molecule has 44 heavy (non-hydrogen) atoms. The molecule has 234 valence electrons. The van der Waals surface area contributed by atoms with E-state index < -0.39 is 8.07 Å². The van der Waals surface area contributed by atoms with Gasteiger partial charge in [0.1, 0.15) is 25.2 Å².